The molecule has 2 aliphatic rings. The number of esters is 2. The van der Waals surface area contributed by atoms with Crippen LogP contribution in [0.5, 0.6) is 0 Å². The highest BCUT2D eigenvalue weighted by molar-refractivity contribution is 5.66. The van der Waals surface area contributed by atoms with Gasteiger partial charge in [0.15, 0.2) is 0 Å². The highest BCUT2D eigenvalue weighted by Crippen LogP contribution is 2.21. The van der Waals surface area contributed by atoms with E-state index < -0.39 is 60.8 Å². The molecule has 10 nitrogen and oxygen atoms in total. The molecular formula is C26H28O10. The smallest absolute Gasteiger partial charge is 0.302 e. The maximum atomic E-state index is 11.0. The summed E-state index contributed by atoms with van der Waals surface area (Å²) >= 11 is 0. The molecule has 0 amide bonds. The average Bonchev–Trinajstić information content (AvgIpc) is 2.84. The summed E-state index contributed by atoms with van der Waals surface area (Å²) in [5.41, 5.74) is 1.19. The predicted molar refractivity (Wildman–Crippen MR) is 123 cm³/mol. The molecule has 2 aliphatic heterocycles. The summed E-state index contributed by atoms with van der Waals surface area (Å²) < 4.78 is 21.0. The van der Waals surface area contributed by atoms with Gasteiger partial charge in [-0.25, -0.2) is 0 Å². The fourth-order valence-corrected chi connectivity index (χ4v) is 3.43. The molecule has 36 heavy (non-hydrogen) atoms. The van der Waals surface area contributed by atoms with E-state index in [9.17, 15) is 30.0 Å². The third kappa shape index (κ3) is 8.04. The molecule has 2 saturated heterocycles. The van der Waals surface area contributed by atoms with Crippen LogP contribution >= 0.6 is 0 Å². The van der Waals surface area contributed by atoms with E-state index in [0.29, 0.717) is 11.1 Å². The van der Waals surface area contributed by atoms with Crippen LogP contribution in [0.4, 0.5) is 0 Å². The lowest BCUT2D eigenvalue weighted by atomic mass is 9.98. The first-order valence-electron chi connectivity index (χ1n) is 11.3. The Morgan fingerprint density at radius 2 is 1.11 bits per heavy atom. The van der Waals surface area contributed by atoms with Gasteiger partial charge in [-0.3, -0.25) is 9.59 Å². The Kier molecular flexibility index (Phi) is 9.85. The first-order valence-corrected chi connectivity index (χ1v) is 11.3. The normalized spacial score (nSPS) is 31.7. The number of aliphatic hydroxyl groups is 4. The summed E-state index contributed by atoms with van der Waals surface area (Å²) in [5, 5.41) is 40.3. The molecule has 10 heteroatoms. The summed E-state index contributed by atoms with van der Waals surface area (Å²) in [6.07, 6.45) is -5.56. The largest absolute Gasteiger partial charge is 0.463 e. The molecule has 4 N–H and O–H groups in total. The Hall–Kier alpha value is -2.96. The van der Waals surface area contributed by atoms with Gasteiger partial charge in [0.05, 0.1) is 24.4 Å². The zero-order valence-electron chi connectivity index (χ0n) is 19.7. The van der Waals surface area contributed by atoms with E-state index in [-0.39, 0.29) is 13.2 Å². The fourth-order valence-electron chi connectivity index (χ4n) is 3.43. The first kappa shape index (κ1) is 27.6. The van der Waals surface area contributed by atoms with Crippen molar-refractivity contribution in [1.29, 1.82) is 0 Å². The first-order chi connectivity index (χ1) is 17.1. The van der Waals surface area contributed by atoms with E-state index in [1.807, 2.05) is 0 Å². The van der Waals surface area contributed by atoms with Gasteiger partial charge in [0.1, 0.15) is 37.6 Å². The average molecular weight is 501 g/mol. The third-order valence-electron chi connectivity index (χ3n) is 5.29. The van der Waals surface area contributed by atoms with Gasteiger partial charge in [-0.15, -0.1) is 0 Å². The molecule has 0 aliphatic carbocycles. The highest BCUT2D eigenvalue weighted by Gasteiger charge is 2.37. The second kappa shape index (κ2) is 12.8. The summed E-state index contributed by atoms with van der Waals surface area (Å²) in [6, 6.07) is 6.76. The lowest BCUT2D eigenvalue weighted by Gasteiger charge is -2.34. The Morgan fingerprint density at radius 1 is 0.750 bits per heavy atom. The third-order valence-corrected chi connectivity index (χ3v) is 5.29. The van der Waals surface area contributed by atoms with Crippen molar-refractivity contribution < 1.29 is 49.0 Å². The lowest BCUT2D eigenvalue weighted by Crippen LogP contribution is -2.49. The summed E-state index contributed by atoms with van der Waals surface area (Å²) in [5.74, 6) is 10.3. The van der Waals surface area contributed by atoms with Crippen LogP contribution in [0.3, 0.4) is 0 Å². The number of aliphatic hydroxyl groups excluding tert-OH is 4. The van der Waals surface area contributed by atoms with Gasteiger partial charge < -0.3 is 39.4 Å². The van der Waals surface area contributed by atoms with Gasteiger partial charge in [0.25, 0.3) is 0 Å². The molecule has 3 rings (SSSR count). The quantitative estimate of drug-likeness (QED) is 0.296. The van der Waals surface area contributed by atoms with E-state index in [4.69, 9.17) is 18.9 Å². The second-order valence-corrected chi connectivity index (χ2v) is 8.26. The van der Waals surface area contributed by atoms with Gasteiger partial charge in [0, 0.05) is 37.8 Å². The molecule has 192 valence electrons. The van der Waals surface area contributed by atoms with Crippen LogP contribution in [-0.2, 0) is 28.5 Å². The van der Waals surface area contributed by atoms with E-state index in [2.05, 4.69) is 23.7 Å². The van der Waals surface area contributed by atoms with E-state index >= 15 is 0 Å². The minimum atomic E-state index is -1.25. The van der Waals surface area contributed by atoms with Gasteiger partial charge in [-0.2, -0.15) is 0 Å². The molecule has 4 unspecified atom stereocenters. The summed E-state index contributed by atoms with van der Waals surface area (Å²) in [4.78, 5) is 22.0. The van der Waals surface area contributed by atoms with Crippen molar-refractivity contribution in [3.8, 4) is 23.7 Å². The number of hydrogen-bond donors (Lipinski definition) is 4. The molecule has 2 radical (unpaired) electrons. The van der Waals surface area contributed by atoms with Crippen LogP contribution < -0.4 is 0 Å². The zero-order chi connectivity index (χ0) is 26.2. The molecule has 1 aromatic rings. The van der Waals surface area contributed by atoms with E-state index in [1.54, 1.807) is 24.3 Å². The molecule has 1 aromatic carbocycles. The van der Waals surface area contributed by atoms with Crippen LogP contribution in [0.15, 0.2) is 24.3 Å². The summed E-state index contributed by atoms with van der Waals surface area (Å²) in [6.45, 7) is 2.33. The monoisotopic (exact) mass is 500 g/mol. The number of rotatable bonds is 4. The Labute approximate surface area is 209 Å². The second-order valence-electron chi connectivity index (χ2n) is 8.26. The molecule has 0 saturated carbocycles. The lowest BCUT2D eigenvalue weighted by molar-refractivity contribution is -0.156. The topological polar surface area (TPSA) is 152 Å². The van der Waals surface area contributed by atoms with Gasteiger partial charge >= 0.3 is 11.9 Å². The van der Waals surface area contributed by atoms with Crippen LogP contribution in [0.2, 0.25) is 0 Å². The Bertz CT molecular complexity index is 948. The maximum Gasteiger partial charge on any atom is 0.302 e. The number of ether oxygens (including phenoxy) is 4. The molecular weight excluding hydrogens is 472 g/mol. The van der Waals surface area contributed by atoms with Gasteiger partial charge in [0.2, 0.25) is 0 Å². The molecule has 0 bridgehead atoms. The van der Waals surface area contributed by atoms with Crippen LogP contribution in [0.25, 0.3) is 0 Å². The molecule has 2 fully saturated rings. The van der Waals surface area contributed by atoms with Crippen LogP contribution in [-0.4, -0.2) is 94.4 Å². The van der Waals surface area contributed by atoms with Crippen molar-refractivity contribution in [1.82, 2.24) is 0 Å². The zero-order valence-corrected chi connectivity index (χ0v) is 19.7. The van der Waals surface area contributed by atoms with E-state index in [1.165, 1.54) is 26.7 Å². The Morgan fingerprint density at radius 3 is 1.44 bits per heavy atom. The van der Waals surface area contributed by atoms with Crippen molar-refractivity contribution in [3.63, 3.8) is 0 Å². The van der Waals surface area contributed by atoms with Crippen LogP contribution in [0.1, 0.15) is 25.0 Å². The van der Waals surface area contributed by atoms with Crippen molar-refractivity contribution >= 4 is 11.9 Å². The molecule has 2 heterocycles. The van der Waals surface area contributed by atoms with Crippen molar-refractivity contribution in [3.05, 3.63) is 48.2 Å². The van der Waals surface area contributed by atoms with E-state index in [0.717, 1.165) is 0 Å². The molecule has 0 spiro atoms. The van der Waals surface area contributed by atoms with Crippen molar-refractivity contribution in [2.24, 2.45) is 0 Å². The van der Waals surface area contributed by atoms with Crippen LogP contribution in [0, 0.1) is 36.5 Å². The minimum absolute atomic E-state index is 0.0936. The van der Waals surface area contributed by atoms with Gasteiger partial charge in [-0.05, 0) is 24.3 Å². The number of carbonyl (C=O) groups is 2. The van der Waals surface area contributed by atoms with Crippen molar-refractivity contribution in [2.75, 3.05) is 13.2 Å². The minimum Gasteiger partial charge on any atom is -0.463 e. The molecule has 8 atom stereocenters. The SMILES string of the molecule is CC(=O)OCC1[CH]C(O)C(O)C(C#Cc2ccc(C#C[C@H]3O[C@@H](COC(C)=O)[CH][C@@H](O)[C@@H]3O)cc2)O1. The molecule has 0 aromatic heterocycles. The highest BCUT2D eigenvalue weighted by atomic mass is 16.6. The number of carbonyl (C=O) groups excluding carboxylic acids is 2. The maximum absolute atomic E-state index is 11.0. The summed E-state index contributed by atoms with van der Waals surface area (Å²) in [7, 11) is 0. The Balaban J connectivity index is 1.62. The predicted octanol–water partition coefficient (Wildman–Crippen LogP) is -1.10. The number of benzene rings is 1. The number of hydrogen-bond acceptors (Lipinski definition) is 10. The van der Waals surface area contributed by atoms with Gasteiger partial charge in [-0.1, -0.05) is 23.7 Å². The van der Waals surface area contributed by atoms with Crippen molar-refractivity contribution in [2.45, 2.75) is 62.7 Å². The standard InChI is InChI=1S/C26H28O10/c1-15(27)33-13-19-11-21(29)25(31)23(35-19)9-7-17-3-5-18(6-4-17)8-10-24-26(32)22(30)12-20(36-24)14-34-16(2)28/h3-6,11-12,19-26,29-32H,13-14H2,1-2H3/t19-,20?,21-,22?,23-,24?,25+,26?/m1/s1. The fraction of sp³-hybridized carbons (Fsp3) is 0.462.